The molecule has 0 radical (unpaired) electrons. The van der Waals surface area contributed by atoms with Gasteiger partial charge in [-0.05, 0) is 60.5 Å². The number of ether oxygens (including phenoxy) is 4. The Labute approximate surface area is 221 Å². The van der Waals surface area contributed by atoms with E-state index >= 15 is 0 Å². The van der Waals surface area contributed by atoms with Gasteiger partial charge in [-0.3, -0.25) is 14.4 Å². The van der Waals surface area contributed by atoms with E-state index in [-0.39, 0.29) is 5.91 Å². The van der Waals surface area contributed by atoms with Crippen molar-refractivity contribution < 1.29 is 33.4 Å². The van der Waals surface area contributed by atoms with Gasteiger partial charge >= 0.3 is 0 Å². The van der Waals surface area contributed by atoms with Crippen molar-refractivity contribution in [2.45, 2.75) is 25.5 Å². The van der Waals surface area contributed by atoms with Gasteiger partial charge < -0.3 is 18.9 Å². The summed E-state index contributed by atoms with van der Waals surface area (Å²) < 4.78 is 22.3. The van der Waals surface area contributed by atoms with Gasteiger partial charge in [-0.25, -0.2) is 9.96 Å². The van der Waals surface area contributed by atoms with Gasteiger partial charge in [0.15, 0.2) is 17.6 Å². The average Bonchev–Trinajstić information content (AvgIpc) is 3.47. The van der Waals surface area contributed by atoms with E-state index in [2.05, 4.69) is 0 Å². The monoisotopic (exact) mass is 518 g/mol. The molecule has 0 N–H and O–H groups in total. The van der Waals surface area contributed by atoms with E-state index in [0.29, 0.717) is 46.5 Å². The minimum Gasteiger partial charge on any atom is -0.494 e. The Morgan fingerprint density at radius 1 is 0.816 bits per heavy atom. The molecule has 0 aliphatic carbocycles. The Morgan fingerprint density at radius 2 is 1.47 bits per heavy atom. The summed E-state index contributed by atoms with van der Waals surface area (Å²) in [7, 11) is 4.59. The molecule has 0 unspecified atom stereocenters. The Hall–Kier alpha value is -4.24. The van der Waals surface area contributed by atoms with Gasteiger partial charge in [-0.15, -0.1) is 0 Å². The summed E-state index contributed by atoms with van der Waals surface area (Å²) in [4.78, 5) is 35.0. The summed E-state index contributed by atoms with van der Waals surface area (Å²) in [5.41, 5.74) is 1.86. The van der Waals surface area contributed by atoms with Gasteiger partial charge in [0.25, 0.3) is 5.91 Å². The van der Waals surface area contributed by atoms with Crippen LogP contribution in [0.2, 0.25) is 0 Å². The minimum atomic E-state index is -0.997. The van der Waals surface area contributed by atoms with E-state index in [4.69, 9.17) is 23.8 Å². The topological polar surface area (TPSA) is 86.8 Å². The van der Waals surface area contributed by atoms with Crippen LogP contribution in [0.25, 0.3) is 0 Å². The van der Waals surface area contributed by atoms with Crippen LogP contribution in [0.1, 0.15) is 24.9 Å². The summed E-state index contributed by atoms with van der Waals surface area (Å²) in [6.45, 7) is 2.61. The third kappa shape index (κ3) is 4.28. The first-order valence-electron chi connectivity index (χ1n) is 12.4. The summed E-state index contributed by atoms with van der Waals surface area (Å²) >= 11 is 0. The number of nitrogens with zero attached hydrogens (tertiary/aromatic N) is 2. The molecule has 3 atom stereocenters. The van der Waals surface area contributed by atoms with E-state index in [1.54, 1.807) is 41.5 Å². The second kappa shape index (κ2) is 10.6. The van der Waals surface area contributed by atoms with Gasteiger partial charge in [0.2, 0.25) is 11.7 Å². The Balaban J connectivity index is 1.56. The number of carbonyl (C=O) groups is 2. The van der Waals surface area contributed by atoms with E-state index in [9.17, 15) is 9.59 Å². The largest absolute Gasteiger partial charge is 0.494 e. The second-order valence-corrected chi connectivity index (χ2v) is 8.97. The molecule has 2 saturated heterocycles. The Morgan fingerprint density at radius 3 is 2.05 bits per heavy atom. The number of hydrogen-bond donors (Lipinski definition) is 0. The van der Waals surface area contributed by atoms with Crippen molar-refractivity contribution >= 4 is 23.2 Å². The van der Waals surface area contributed by atoms with Crippen molar-refractivity contribution in [3.63, 3.8) is 0 Å². The van der Waals surface area contributed by atoms with Crippen LogP contribution in [0.4, 0.5) is 11.4 Å². The Bertz CT molecular complexity index is 1290. The molecule has 38 heavy (non-hydrogen) atoms. The van der Waals surface area contributed by atoms with Crippen LogP contribution in [0.15, 0.2) is 66.7 Å². The highest BCUT2D eigenvalue weighted by Crippen LogP contribution is 2.50. The van der Waals surface area contributed by atoms with Crippen molar-refractivity contribution in [3.05, 3.63) is 72.3 Å². The minimum absolute atomic E-state index is 0.348. The predicted octanol–water partition coefficient (Wildman–Crippen LogP) is 4.55. The lowest BCUT2D eigenvalue weighted by Crippen LogP contribution is -2.37. The maximum Gasteiger partial charge on any atom is 0.266 e. The zero-order chi connectivity index (χ0) is 26.8. The molecule has 0 bridgehead atoms. The van der Waals surface area contributed by atoms with Crippen LogP contribution in [-0.4, -0.2) is 45.9 Å². The van der Waals surface area contributed by atoms with Crippen LogP contribution in [-0.2, 0) is 14.4 Å². The van der Waals surface area contributed by atoms with Crippen molar-refractivity contribution in [2.24, 2.45) is 5.92 Å². The highest BCUT2D eigenvalue weighted by atomic mass is 16.7. The highest BCUT2D eigenvalue weighted by Gasteiger charge is 2.60. The van der Waals surface area contributed by atoms with Crippen molar-refractivity contribution in [2.75, 3.05) is 37.9 Å². The summed E-state index contributed by atoms with van der Waals surface area (Å²) in [6, 6.07) is 19.3. The first-order valence-corrected chi connectivity index (χ1v) is 12.4. The molecule has 198 valence electrons. The molecule has 0 spiro atoms. The number of benzene rings is 3. The third-order valence-corrected chi connectivity index (χ3v) is 6.72. The van der Waals surface area contributed by atoms with E-state index in [1.165, 1.54) is 26.2 Å². The van der Waals surface area contributed by atoms with Crippen LogP contribution >= 0.6 is 0 Å². The van der Waals surface area contributed by atoms with E-state index in [1.807, 2.05) is 37.3 Å². The van der Waals surface area contributed by atoms with E-state index < -0.39 is 24.0 Å². The molecular weight excluding hydrogens is 488 g/mol. The number of hydroxylamine groups is 1. The molecule has 2 amide bonds. The summed E-state index contributed by atoms with van der Waals surface area (Å²) in [5, 5.41) is 1.63. The number of imide groups is 1. The van der Waals surface area contributed by atoms with Crippen molar-refractivity contribution in [1.82, 2.24) is 0 Å². The average molecular weight is 519 g/mol. The maximum absolute atomic E-state index is 13.9. The molecule has 3 aromatic carbocycles. The molecular formula is C29H30N2O7. The smallest absolute Gasteiger partial charge is 0.266 e. The first-order chi connectivity index (χ1) is 18.5. The third-order valence-electron chi connectivity index (χ3n) is 6.72. The van der Waals surface area contributed by atoms with Crippen LogP contribution < -0.4 is 28.9 Å². The number of amides is 2. The second-order valence-electron chi connectivity index (χ2n) is 8.97. The predicted molar refractivity (Wildman–Crippen MR) is 141 cm³/mol. The molecule has 9 nitrogen and oxygen atoms in total. The fourth-order valence-corrected chi connectivity index (χ4v) is 4.99. The first kappa shape index (κ1) is 25.4. The van der Waals surface area contributed by atoms with Crippen molar-refractivity contribution in [1.29, 1.82) is 0 Å². The standard InChI is InChI=1S/C29H30N2O7/c1-5-15-37-21-13-11-19(12-14-21)30-28(32)24-25(18-16-22(34-2)26(36-4)23(17-18)35-3)31(38-27(24)29(30)33)20-9-7-6-8-10-20/h6-14,16-17,24-25,27H,5,15H2,1-4H3/t24-,25-,27-/m0/s1. The van der Waals surface area contributed by atoms with Gasteiger partial charge in [0.1, 0.15) is 11.7 Å². The summed E-state index contributed by atoms with van der Waals surface area (Å²) in [5.74, 6) is 0.418. The van der Waals surface area contributed by atoms with Gasteiger partial charge in [0, 0.05) is 0 Å². The number of carbonyl (C=O) groups excluding carboxylic acids is 2. The normalized spacial score (nSPS) is 20.5. The van der Waals surface area contributed by atoms with Gasteiger partial charge in [-0.2, -0.15) is 0 Å². The SMILES string of the molecule is CCCOc1ccc(N2C(=O)[C@@H]3[C@H](ON(c4ccccc4)[C@H]3c3cc(OC)c(OC)c(OC)c3)C2=O)cc1. The molecule has 0 aromatic heterocycles. The van der Waals surface area contributed by atoms with E-state index in [0.717, 1.165) is 6.42 Å². The van der Waals surface area contributed by atoms with Gasteiger partial charge in [0.05, 0.1) is 45.4 Å². The number of fused-ring (bicyclic) bond motifs is 1. The van der Waals surface area contributed by atoms with Crippen LogP contribution in [0.5, 0.6) is 23.0 Å². The fraction of sp³-hybridized carbons (Fsp3) is 0.310. The zero-order valence-electron chi connectivity index (χ0n) is 21.7. The number of hydrogen-bond acceptors (Lipinski definition) is 8. The molecule has 2 fully saturated rings. The lowest BCUT2D eigenvalue weighted by atomic mass is 9.90. The molecule has 0 saturated carbocycles. The molecule has 5 rings (SSSR count). The highest BCUT2D eigenvalue weighted by molar-refractivity contribution is 6.24. The molecule has 3 aromatic rings. The number of anilines is 2. The number of para-hydroxylation sites is 1. The number of rotatable bonds is 9. The molecule has 2 aliphatic heterocycles. The zero-order valence-corrected chi connectivity index (χ0v) is 21.7. The van der Waals surface area contributed by atoms with Crippen molar-refractivity contribution in [3.8, 4) is 23.0 Å². The van der Waals surface area contributed by atoms with Crippen LogP contribution in [0.3, 0.4) is 0 Å². The Kier molecular flexibility index (Phi) is 7.11. The molecule has 2 heterocycles. The quantitative estimate of drug-likeness (QED) is 0.382. The maximum atomic E-state index is 13.9. The molecule has 2 aliphatic rings. The van der Waals surface area contributed by atoms with Crippen LogP contribution in [0, 0.1) is 5.92 Å². The fourth-order valence-electron chi connectivity index (χ4n) is 4.99. The lowest BCUT2D eigenvalue weighted by molar-refractivity contribution is -0.126. The number of methoxy groups -OCH3 is 3. The molecule has 9 heteroatoms. The van der Waals surface area contributed by atoms with Gasteiger partial charge in [-0.1, -0.05) is 25.1 Å². The summed E-state index contributed by atoms with van der Waals surface area (Å²) in [6.07, 6.45) is -0.117. The lowest BCUT2D eigenvalue weighted by Gasteiger charge is -2.29.